The van der Waals surface area contributed by atoms with E-state index in [4.69, 9.17) is 5.73 Å². The lowest BCUT2D eigenvalue weighted by Gasteiger charge is -2.21. The van der Waals surface area contributed by atoms with Gasteiger partial charge in [-0.3, -0.25) is 9.89 Å². The van der Waals surface area contributed by atoms with Gasteiger partial charge in [-0.05, 0) is 43.9 Å². The summed E-state index contributed by atoms with van der Waals surface area (Å²) in [4.78, 5) is 14.6. The fourth-order valence-corrected chi connectivity index (χ4v) is 3.35. The summed E-state index contributed by atoms with van der Waals surface area (Å²) in [6.45, 7) is 6.20. The molecule has 5 nitrogen and oxygen atoms in total. The van der Waals surface area contributed by atoms with Crippen molar-refractivity contribution in [1.29, 1.82) is 0 Å². The number of amides is 1. The van der Waals surface area contributed by atoms with E-state index in [-0.39, 0.29) is 5.91 Å². The summed E-state index contributed by atoms with van der Waals surface area (Å²) < 4.78 is 0. The van der Waals surface area contributed by atoms with Crippen LogP contribution in [0.1, 0.15) is 68.1 Å². The van der Waals surface area contributed by atoms with E-state index in [1.807, 2.05) is 4.90 Å². The molecule has 21 heavy (non-hydrogen) atoms. The Kier molecular flexibility index (Phi) is 3.91. The van der Waals surface area contributed by atoms with Crippen LogP contribution in [0.3, 0.4) is 0 Å². The number of rotatable bonds is 3. The van der Waals surface area contributed by atoms with Crippen molar-refractivity contribution in [3.05, 3.63) is 11.4 Å². The van der Waals surface area contributed by atoms with Gasteiger partial charge in [-0.25, -0.2) is 0 Å². The number of nitrogens with two attached hydrogens (primary N) is 1. The summed E-state index contributed by atoms with van der Waals surface area (Å²) >= 11 is 0. The zero-order chi connectivity index (χ0) is 15.0. The maximum Gasteiger partial charge on any atom is 0.276 e. The Morgan fingerprint density at radius 2 is 2.05 bits per heavy atom. The molecule has 3 rings (SSSR count). The minimum atomic E-state index is 0.0000520. The van der Waals surface area contributed by atoms with Crippen molar-refractivity contribution in [2.75, 3.05) is 18.8 Å². The minimum Gasteiger partial charge on any atom is -0.395 e. The second-order valence-electron chi connectivity index (χ2n) is 6.90. The number of aromatic amines is 1. The van der Waals surface area contributed by atoms with Gasteiger partial charge in [0, 0.05) is 19.0 Å². The summed E-state index contributed by atoms with van der Waals surface area (Å²) in [5.74, 6) is 1.91. The first kappa shape index (κ1) is 14.4. The molecule has 5 heteroatoms. The molecule has 116 valence electrons. The summed E-state index contributed by atoms with van der Waals surface area (Å²) in [5.41, 5.74) is 8.10. The van der Waals surface area contributed by atoms with Gasteiger partial charge in [0.1, 0.15) is 0 Å². The number of nitrogens with one attached hydrogen (secondary N) is 1. The van der Waals surface area contributed by atoms with Crippen LogP contribution in [0, 0.1) is 11.8 Å². The fourth-order valence-electron chi connectivity index (χ4n) is 3.35. The Balaban J connectivity index is 1.70. The topological polar surface area (TPSA) is 75.0 Å². The Bertz CT molecular complexity index is 518. The van der Waals surface area contributed by atoms with Crippen molar-refractivity contribution in [2.24, 2.45) is 11.8 Å². The van der Waals surface area contributed by atoms with Gasteiger partial charge in [-0.1, -0.05) is 13.8 Å². The van der Waals surface area contributed by atoms with Crippen LogP contribution < -0.4 is 5.73 Å². The molecule has 2 aliphatic rings. The quantitative estimate of drug-likeness (QED) is 0.898. The third kappa shape index (κ3) is 2.92. The highest BCUT2D eigenvalue weighted by Gasteiger charge is 2.32. The summed E-state index contributed by atoms with van der Waals surface area (Å²) in [6, 6.07) is 0. The number of carbonyl (C=O) groups excluding carboxylic acids is 1. The van der Waals surface area contributed by atoms with Gasteiger partial charge in [-0.15, -0.1) is 0 Å². The monoisotopic (exact) mass is 290 g/mol. The van der Waals surface area contributed by atoms with E-state index >= 15 is 0 Å². The third-order valence-electron chi connectivity index (χ3n) is 5.02. The number of anilines is 1. The van der Waals surface area contributed by atoms with E-state index in [2.05, 4.69) is 24.0 Å². The highest BCUT2D eigenvalue weighted by atomic mass is 16.2. The zero-order valence-electron chi connectivity index (χ0n) is 13.1. The van der Waals surface area contributed by atoms with Crippen LogP contribution in [0.4, 0.5) is 5.69 Å². The number of H-pyrrole nitrogens is 1. The lowest BCUT2D eigenvalue weighted by molar-refractivity contribution is 0.0754. The molecule has 1 aliphatic carbocycles. The fraction of sp³-hybridized carbons (Fsp3) is 0.750. The molecule has 0 bridgehead atoms. The van der Waals surface area contributed by atoms with Crippen LogP contribution in [0.15, 0.2) is 0 Å². The molecule has 1 aromatic heterocycles. The first-order valence-corrected chi connectivity index (χ1v) is 8.21. The maximum absolute atomic E-state index is 12.7. The molecule has 1 unspecified atom stereocenters. The van der Waals surface area contributed by atoms with E-state index in [0.717, 1.165) is 50.4 Å². The van der Waals surface area contributed by atoms with Gasteiger partial charge in [0.2, 0.25) is 0 Å². The lowest BCUT2D eigenvalue weighted by Crippen LogP contribution is -2.33. The zero-order valence-corrected chi connectivity index (χ0v) is 13.1. The third-order valence-corrected chi connectivity index (χ3v) is 5.02. The molecule has 1 amide bonds. The molecule has 1 saturated carbocycles. The molecular formula is C16H26N4O. The molecule has 0 aromatic carbocycles. The number of hydrogen-bond donors (Lipinski definition) is 2. The summed E-state index contributed by atoms with van der Waals surface area (Å²) in [5, 5.41) is 7.17. The van der Waals surface area contributed by atoms with E-state index < -0.39 is 0 Å². The van der Waals surface area contributed by atoms with Crippen molar-refractivity contribution < 1.29 is 4.79 Å². The first-order valence-electron chi connectivity index (χ1n) is 8.21. The van der Waals surface area contributed by atoms with Crippen LogP contribution in [-0.4, -0.2) is 34.1 Å². The molecule has 1 aromatic rings. The number of carbonyl (C=O) groups is 1. The van der Waals surface area contributed by atoms with Gasteiger partial charge in [0.25, 0.3) is 5.91 Å². The standard InChI is InChI=1S/C16H26N4O/c1-10(2)11-4-3-8-20(9-7-11)16(21)15-13(17)14(18-19-15)12-5-6-12/h10-12H,3-9,17H2,1-2H3,(H,18,19). The highest BCUT2D eigenvalue weighted by Crippen LogP contribution is 2.42. The van der Waals surface area contributed by atoms with E-state index in [0.29, 0.717) is 23.2 Å². The Morgan fingerprint density at radius 3 is 2.71 bits per heavy atom. The highest BCUT2D eigenvalue weighted by molar-refractivity contribution is 5.97. The normalized spacial score (nSPS) is 23.4. The van der Waals surface area contributed by atoms with Gasteiger partial charge in [-0.2, -0.15) is 5.10 Å². The van der Waals surface area contributed by atoms with Gasteiger partial charge in [0.15, 0.2) is 5.69 Å². The van der Waals surface area contributed by atoms with E-state index in [1.165, 1.54) is 6.42 Å². The van der Waals surface area contributed by atoms with Crippen LogP contribution >= 0.6 is 0 Å². The molecule has 0 radical (unpaired) electrons. The Labute approximate surface area is 126 Å². The first-order chi connectivity index (χ1) is 10.1. The predicted octanol–water partition coefficient (Wildman–Crippen LogP) is 2.77. The molecule has 2 heterocycles. The maximum atomic E-state index is 12.7. The van der Waals surface area contributed by atoms with Crippen molar-refractivity contribution >= 4 is 11.6 Å². The smallest absolute Gasteiger partial charge is 0.276 e. The van der Waals surface area contributed by atoms with Crippen LogP contribution in [0.2, 0.25) is 0 Å². The van der Waals surface area contributed by atoms with Crippen LogP contribution in [0.25, 0.3) is 0 Å². The van der Waals surface area contributed by atoms with E-state index in [9.17, 15) is 4.79 Å². The number of aromatic nitrogens is 2. The number of likely N-dealkylation sites (tertiary alicyclic amines) is 1. The number of nitrogen functional groups attached to an aromatic ring is 1. The van der Waals surface area contributed by atoms with Crippen molar-refractivity contribution in [2.45, 2.75) is 51.9 Å². The van der Waals surface area contributed by atoms with Gasteiger partial charge in [0.05, 0.1) is 11.4 Å². The van der Waals surface area contributed by atoms with E-state index in [1.54, 1.807) is 0 Å². The molecule has 2 fully saturated rings. The molecule has 0 spiro atoms. The summed E-state index contributed by atoms with van der Waals surface area (Å²) in [7, 11) is 0. The van der Waals surface area contributed by atoms with Crippen LogP contribution in [0.5, 0.6) is 0 Å². The molecular weight excluding hydrogens is 264 g/mol. The molecule has 3 N–H and O–H groups in total. The minimum absolute atomic E-state index is 0.0000520. The molecule has 1 saturated heterocycles. The predicted molar refractivity (Wildman–Crippen MR) is 83.1 cm³/mol. The number of nitrogens with zero attached hydrogens (tertiary/aromatic N) is 2. The van der Waals surface area contributed by atoms with Crippen molar-refractivity contribution in [1.82, 2.24) is 15.1 Å². The lowest BCUT2D eigenvalue weighted by atomic mass is 9.89. The SMILES string of the molecule is CC(C)C1CCCN(C(=O)c2n[nH]c(C3CC3)c2N)CC1. The van der Waals surface area contributed by atoms with Crippen LogP contribution in [-0.2, 0) is 0 Å². The second-order valence-corrected chi connectivity index (χ2v) is 6.90. The van der Waals surface area contributed by atoms with Crippen molar-refractivity contribution in [3.63, 3.8) is 0 Å². The van der Waals surface area contributed by atoms with Gasteiger partial charge < -0.3 is 10.6 Å². The Morgan fingerprint density at radius 1 is 1.29 bits per heavy atom. The largest absolute Gasteiger partial charge is 0.395 e. The van der Waals surface area contributed by atoms with Crippen molar-refractivity contribution in [3.8, 4) is 0 Å². The number of hydrogen-bond acceptors (Lipinski definition) is 3. The molecule has 1 aliphatic heterocycles. The summed E-state index contributed by atoms with van der Waals surface area (Å²) in [6.07, 6.45) is 5.68. The Hall–Kier alpha value is -1.52. The molecule has 1 atom stereocenters. The average molecular weight is 290 g/mol. The average Bonchev–Trinajstić information content (AvgIpc) is 3.25. The van der Waals surface area contributed by atoms with Gasteiger partial charge >= 0.3 is 0 Å². The second kappa shape index (κ2) is 5.70.